The Labute approximate surface area is 189 Å². The van der Waals surface area contributed by atoms with E-state index in [2.05, 4.69) is 35.6 Å². The van der Waals surface area contributed by atoms with E-state index in [-0.39, 0.29) is 17.2 Å². The average Bonchev–Trinajstić information content (AvgIpc) is 2.83. The van der Waals surface area contributed by atoms with Crippen LogP contribution in [0.3, 0.4) is 0 Å². The minimum atomic E-state index is -0.145. The topological polar surface area (TPSA) is 38.3 Å². The second kappa shape index (κ2) is 10.1. The number of benzene rings is 3. The Morgan fingerprint density at radius 1 is 0.903 bits per heavy atom. The molecule has 3 nitrogen and oxygen atoms in total. The second-order valence-electron chi connectivity index (χ2n) is 8.26. The molecule has 0 radical (unpaired) electrons. The molecular weight excluding hydrogens is 406 g/mol. The van der Waals surface area contributed by atoms with Crippen molar-refractivity contribution in [1.82, 2.24) is 5.32 Å². The number of ether oxygens (including phenoxy) is 1. The van der Waals surface area contributed by atoms with E-state index in [9.17, 15) is 4.79 Å². The molecule has 4 heteroatoms. The largest absolute Gasteiger partial charge is 0.381 e. The van der Waals surface area contributed by atoms with Crippen molar-refractivity contribution in [2.75, 3.05) is 19.8 Å². The predicted molar refractivity (Wildman–Crippen MR) is 126 cm³/mol. The fraction of sp³-hybridized carbons (Fsp3) is 0.296. The van der Waals surface area contributed by atoms with Gasteiger partial charge in [0.25, 0.3) is 0 Å². The van der Waals surface area contributed by atoms with Crippen LogP contribution >= 0.6 is 11.6 Å². The van der Waals surface area contributed by atoms with Gasteiger partial charge in [0.2, 0.25) is 5.91 Å². The van der Waals surface area contributed by atoms with Crippen LogP contribution in [0.2, 0.25) is 5.02 Å². The highest BCUT2D eigenvalue weighted by Crippen LogP contribution is 2.36. The number of nitrogens with one attached hydrogen (secondary N) is 1. The summed E-state index contributed by atoms with van der Waals surface area (Å²) in [6, 6.07) is 28.5. The lowest BCUT2D eigenvalue weighted by atomic mass is 9.74. The summed E-state index contributed by atoms with van der Waals surface area (Å²) in [5, 5.41) is 3.97. The molecule has 1 saturated heterocycles. The first-order chi connectivity index (χ1) is 15.2. The maximum Gasteiger partial charge on any atom is 0.220 e. The van der Waals surface area contributed by atoms with E-state index >= 15 is 0 Å². The van der Waals surface area contributed by atoms with Crippen molar-refractivity contribution in [3.05, 3.63) is 107 Å². The molecular formula is C27H28ClNO2. The van der Waals surface area contributed by atoms with Crippen molar-refractivity contribution in [2.45, 2.75) is 30.6 Å². The maximum atomic E-state index is 13.1. The van der Waals surface area contributed by atoms with Crippen molar-refractivity contribution in [3.63, 3.8) is 0 Å². The number of amides is 1. The first kappa shape index (κ1) is 21.6. The lowest BCUT2D eigenvalue weighted by Crippen LogP contribution is -2.44. The Kier molecular flexibility index (Phi) is 7.06. The third-order valence-corrected chi connectivity index (χ3v) is 6.54. The van der Waals surface area contributed by atoms with Crippen LogP contribution in [-0.2, 0) is 14.9 Å². The normalized spacial score (nSPS) is 15.5. The highest BCUT2D eigenvalue weighted by molar-refractivity contribution is 6.30. The molecule has 1 aliphatic heterocycles. The van der Waals surface area contributed by atoms with Gasteiger partial charge in [-0.1, -0.05) is 84.4 Å². The summed E-state index contributed by atoms with van der Waals surface area (Å²) < 4.78 is 5.62. The molecule has 1 aliphatic rings. The van der Waals surface area contributed by atoms with Crippen LogP contribution in [0, 0.1) is 0 Å². The van der Waals surface area contributed by atoms with Gasteiger partial charge in [0.05, 0.1) is 0 Å². The van der Waals surface area contributed by atoms with Crippen LogP contribution in [0.1, 0.15) is 41.9 Å². The van der Waals surface area contributed by atoms with Gasteiger partial charge in [-0.25, -0.2) is 0 Å². The van der Waals surface area contributed by atoms with Gasteiger partial charge < -0.3 is 10.1 Å². The minimum absolute atomic E-state index is 0.0270. The molecule has 1 heterocycles. The van der Waals surface area contributed by atoms with E-state index < -0.39 is 0 Å². The van der Waals surface area contributed by atoms with Crippen LogP contribution in [-0.4, -0.2) is 25.7 Å². The Balaban J connectivity index is 1.50. The van der Waals surface area contributed by atoms with Crippen molar-refractivity contribution in [2.24, 2.45) is 0 Å². The van der Waals surface area contributed by atoms with E-state index in [0.717, 1.165) is 29.0 Å². The van der Waals surface area contributed by atoms with E-state index in [4.69, 9.17) is 16.3 Å². The van der Waals surface area contributed by atoms with Crippen molar-refractivity contribution < 1.29 is 9.53 Å². The Bertz CT molecular complexity index is 945. The number of carbonyl (C=O) groups excluding carboxylic acids is 1. The molecule has 1 N–H and O–H groups in total. The molecule has 31 heavy (non-hydrogen) atoms. The van der Waals surface area contributed by atoms with Crippen LogP contribution in [0.25, 0.3) is 0 Å². The van der Waals surface area contributed by atoms with Gasteiger partial charge >= 0.3 is 0 Å². The summed E-state index contributed by atoms with van der Waals surface area (Å²) in [6.45, 7) is 1.98. The fourth-order valence-corrected chi connectivity index (χ4v) is 4.66. The zero-order valence-electron chi connectivity index (χ0n) is 17.6. The molecule has 3 aromatic carbocycles. The summed E-state index contributed by atoms with van der Waals surface area (Å²) in [5.41, 5.74) is 3.33. The molecule has 0 aromatic heterocycles. The summed E-state index contributed by atoms with van der Waals surface area (Å²) in [6.07, 6.45) is 2.15. The standard InChI is InChI=1S/C27H28ClNO2/c28-24-13-7-12-23(18-24)27(14-16-31-17-15-27)20-29-26(30)19-25(21-8-3-1-4-9-21)22-10-5-2-6-11-22/h1-13,18,25H,14-17,19-20H2,(H,29,30). The Hall–Kier alpha value is -2.62. The third-order valence-electron chi connectivity index (χ3n) is 6.30. The number of hydrogen-bond donors (Lipinski definition) is 1. The van der Waals surface area contributed by atoms with Crippen molar-refractivity contribution in [1.29, 1.82) is 0 Å². The molecule has 0 saturated carbocycles. The molecule has 0 unspecified atom stereocenters. The molecule has 0 aliphatic carbocycles. The molecule has 0 atom stereocenters. The quantitative estimate of drug-likeness (QED) is 0.517. The monoisotopic (exact) mass is 433 g/mol. The summed E-state index contributed by atoms with van der Waals surface area (Å²) in [4.78, 5) is 13.1. The maximum absolute atomic E-state index is 13.1. The van der Waals surface area contributed by atoms with Gasteiger partial charge in [0, 0.05) is 42.5 Å². The van der Waals surface area contributed by atoms with Crippen LogP contribution in [0.5, 0.6) is 0 Å². The van der Waals surface area contributed by atoms with Crippen LogP contribution in [0.15, 0.2) is 84.9 Å². The number of rotatable bonds is 7. The summed E-state index contributed by atoms with van der Waals surface area (Å²) in [5.74, 6) is 0.0878. The summed E-state index contributed by atoms with van der Waals surface area (Å²) >= 11 is 6.27. The molecule has 0 spiro atoms. The fourth-order valence-electron chi connectivity index (χ4n) is 4.47. The summed E-state index contributed by atoms with van der Waals surface area (Å²) in [7, 11) is 0. The molecule has 160 valence electrons. The number of halogens is 1. The van der Waals surface area contributed by atoms with E-state index in [1.165, 1.54) is 5.56 Å². The van der Waals surface area contributed by atoms with E-state index in [1.54, 1.807) is 0 Å². The highest BCUT2D eigenvalue weighted by atomic mass is 35.5. The van der Waals surface area contributed by atoms with Gasteiger partial charge in [0.15, 0.2) is 0 Å². The number of hydrogen-bond acceptors (Lipinski definition) is 2. The van der Waals surface area contributed by atoms with Crippen molar-refractivity contribution in [3.8, 4) is 0 Å². The lowest BCUT2D eigenvalue weighted by molar-refractivity contribution is -0.121. The highest BCUT2D eigenvalue weighted by Gasteiger charge is 2.35. The van der Waals surface area contributed by atoms with Crippen LogP contribution < -0.4 is 5.32 Å². The SMILES string of the molecule is O=C(CC(c1ccccc1)c1ccccc1)NCC1(c2cccc(Cl)c2)CCOCC1. The minimum Gasteiger partial charge on any atom is -0.381 e. The zero-order valence-corrected chi connectivity index (χ0v) is 18.4. The molecule has 3 aromatic rings. The lowest BCUT2D eigenvalue weighted by Gasteiger charge is -2.38. The molecule has 1 amide bonds. The molecule has 4 rings (SSSR count). The van der Waals surface area contributed by atoms with Gasteiger partial charge in [-0.15, -0.1) is 0 Å². The van der Waals surface area contributed by atoms with E-state index in [1.807, 2.05) is 54.6 Å². The smallest absolute Gasteiger partial charge is 0.220 e. The Morgan fingerprint density at radius 2 is 1.52 bits per heavy atom. The zero-order chi connectivity index (χ0) is 21.5. The van der Waals surface area contributed by atoms with E-state index in [0.29, 0.717) is 26.2 Å². The van der Waals surface area contributed by atoms with Gasteiger partial charge in [-0.3, -0.25) is 4.79 Å². The molecule has 0 bridgehead atoms. The first-order valence-corrected chi connectivity index (χ1v) is 11.2. The molecule has 1 fully saturated rings. The van der Waals surface area contributed by atoms with Gasteiger partial charge in [-0.05, 0) is 41.7 Å². The second-order valence-corrected chi connectivity index (χ2v) is 8.69. The third kappa shape index (κ3) is 5.36. The van der Waals surface area contributed by atoms with Gasteiger partial charge in [0.1, 0.15) is 0 Å². The average molecular weight is 434 g/mol. The Morgan fingerprint density at radius 3 is 2.10 bits per heavy atom. The van der Waals surface area contributed by atoms with Crippen molar-refractivity contribution >= 4 is 17.5 Å². The van der Waals surface area contributed by atoms with Gasteiger partial charge in [-0.2, -0.15) is 0 Å². The van der Waals surface area contributed by atoms with Crippen LogP contribution in [0.4, 0.5) is 0 Å². The predicted octanol–water partition coefficient (Wildman–Crippen LogP) is 5.73. The first-order valence-electron chi connectivity index (χ1n) is 10.9. The number of carbonyl (C=O) groups is 1.